The second kappa shape index (κ2) is 8.38. The first kappa shape index (κ1) is 19.5. The fourth-order valence-electron chi connectivity index (χ4n) is 4.09. The molecule has 0 unspecified atom stereocenters. The highest BCUT2D eigenvalue weighted by atomic mass is 32.2. The summed E-state index contributed by atoms with van der Waals surface area (Å²) in [4.78, 5) is 15.4. The van der Waals surface area contributed by atoms with Gasteiger partial charge in [-0.3, -0.25) is 9.69 Å². The molecule has 0 bridgehead atoms. The molecule has 1 amide bonds. The topological polar surface area (TPSA) is 34.5 Å². The van der Waals surface area contributed by atoms with Crippen LogP contribution in [0.15, 0.2) is 65.7 Å². The molecule has 2 aromatic carbocycles. The van der Waals surface area contributed by atoms with E-state index in [1.54, 1.807) is 4.90 Å². The van der Waals surface area contributed by atoms with Gasteiger partial charge in [-0.05, 0) is 30.5 Å². The predicted molar refractivity (Wildman–Crippen MR) is 126 cm³/mol. The van der Waals surface area contributed by atoms with Crippen molar-refractivity contribution >= 4 is 51.2 Å². The maximum atomic E-state index is 13.0. The quantitative estimate of drug-likeness (QED) is 0.415. The Bertz CT molecular complexity index is 1130. The summed E-state index contributed by atoms with van der Waals surface area (Å²) in [5, 5.41) is 1.14. The molecule has 0 spiro atoms. The molecular formula is C24H22N2O2S2. The molecule has 4 nitrogen and oxygen atoms in total. The lowest BCUT2D eigenvalue weighted by atomic mass is 10.1. The van der Waals surface area contributed by atoms with Crippen LogP contribution in [0, 0.1) is 0 Å². The number of thiocarbonyl (C=S) groups is 1. The SMILES string of the molecule is O=C1/C(=C/c2cn(Cc3ccccc3)c3ccccc23)SC(=S)N1C[C@H]1CCCO1. The molecule has 5 rings (SSSR count). The Labute approximate surface area is 185 Å². The lowest BCUT2D eigenvalue weighted by Gasteiger charge is -2.18. The van der Waals surface area contributed by atoms with Crippen molar-refractivity contribution in [1.82, 2.24) is 9.47 Å². The summed E-state index contributed by atoms with van der Waals surface area (Å²) < 4.78 is 8.56. The van der Waals surface area contributed by atoms with Crippen molar-refractivity contribution in [2.45, 2.75) is 25.5 Å². The van der Waals surface area contributed by atoms with E-state index >= 15 is 0 Å². The molecule has 2 fully saturated rings. The molecule has 152 valence electrons. The van der Waals surface area contributed by atoms with Gasteiger partial charge in [0.25, 0.3) is 5.91 Å². The summed E-state index contributed by atoms with van der Waals surface area (Å²) in [6.07, 6.45) is 6.25. The third-order valence-corrected chi connectivity index (χ3v) is 6.96. The minimum atomic E-state index is -0.0135. The van der Waals surface area contributed by atoms with E-state index in [4.69, 9.17) is 17.0 Å². The summed E-state index contributed by atoms with van der Waals surface area (Å²) >= 11 is 6.89. The minimum absolute atomic E-state index is 0.0135. The first-order valence-corrected chi connectivity index (χ1v) is 11.4. The van der Waals surface area contributed by atoms with Gasteiger partial charge in [-0.1, -0.05) is 72.5 Å². The number of rotatable bonds is 5. The van der Waals surface area contributed by atoms with Crippen LogP contribution >= 0.6 is 24.0 Å². The lowest BCUT2D eigenvalue weighted by Crippen LogP contribution is -2.35. The molecule has 30 heavy (non-hydrogen) atoms. The number of hydrogen-bond acceptors (Lipinski definition) is 4. The number of nitrogens with zero attached hydrogens (tertiary/aromatic N) is 2. The zero-order valence-electron chi connectivity index (χ0n) is 16.5. The molecule has 0 aliphatic carbocycles. The summed E-state index contributed by atoms with van der Waals surface area (Å²) in [6, 6.07) is 18.7. The molecule has 0 N–H and O–H groups in total. The van der Waals surface area contributed by atoms with Crippen molar-refractivity contribution in [3.63, 3.8) is 0 Å². The van der Waals surface area contributed by atoms with E-state index in [1.807, 2.05) is 18.2 Å². The zero-order valence-corrected chi connectivity index (χ0v) is 18.1. The number of aromatic nitrogens is 1. The van der Waals surface area contributed by atoms with E-state index in [-0.39, 0.29) is 12.0 Å². The van der Waals surface area contributed by atoms with Gasteiger partial charge < -0.3 is 9.30 Å². The van der Waals surface area contributed by atoms with Crippen LogP contribution in [0.3, 0.4) is 0 Å². The minimum Gasteiger partial charge on any atom is -0.376 e. The van der Waals surface area contributed by atoms with E-state index < -0.39 is 0 Å². The standard InChI is InChI=1S/C24H22N2O2S2/c27-23-22(30-24(29)26(23)16-19-9-6-12-28-19)13-18-15-25(14-17-7-2-1-3-8-17)21-11-5-4-10-20(18)21/h1-5,7-8,10-11,13,15,19H,6,9,12,14,16H2/b22-13-/t19-/m1/s1. The van der Waals surface area contributed by atoms with Crippen LogP contribution in [0.4, 0.5) is 0 Å². The third-order valence-electron chi connectivity index (χ3n) is 5.59. The highest BCUT2D eigenvalue weighted by Crippen LogP contribution is 2.35. The predicted octanol–water partition coefficient (Wildman–Crippen LogP) is 5.07. The van der Waals surface area contributed by atoms with Crippen molar-refractivity contribution in [2.75, 3.05) is 13.2 Å². The Morgan fingerprint density at radius 1 is 1.13 bits per heavy atom. The monoisotopic (exact) mass is 434 g/mol. The van der Waals surface area contributed by atoms with Crippen LogP contribution in [0.1, 0.15) is 24.0 Å². The highest BCUT2D eigenvalue weighted by Gasteiger charge is 2.34. The summed E-state index contributed by atoms with van der Waals surface area (Å²) in [6.45, 7) is 2.11. The van der Waals surface area contributed by atoms with Crippen LogP contribution in [0.2, 0.25) is 0 Å². The number of para-hydroxylation sites is 1. The van der Waals surface area contributed by atoms with Gasteiger partial charge in [0, 0.05) is 35.8 Å². The Kier molecular flexibility index (Phi) is 5.46. The number of carbonyl (C=O) groups excluding carboxylic acids is 1. The molecule has 6 heteroatoms. The lowest BCUT2D eigenvalue weighted by molar-refractivity contribution is -0.123. The number of fused-ring (bicyclic) bond motifs is 1. The molecule has 1 atom stereocenters. The van der Waals surface area contributed by atoms with Crippen molar-refractivity contribution < 1.29 is 9.53 Å². The number of hydrogen-bond donors (Lipinski definition) is 0. The van der Waals surface area contributed by atoms with Gasteiger partial charge in [0.15, 0.2) is 0 Å². The maximum absolute atomic E-state index is 13.0. The van der Waals surface area contributed by atoms with E-state index in [1.165, 1.54) is 17.3 Å². The zero-order chi connectivity index (χ0) is 20.5. The van der Waals surface area contributed by atoms with Gasteiger partial charge >= 0.3 is 0 Å². The fourth-order valence-corrected chi connectivity index (χ4v) is 5.36. The van der Waals surface area contributed by atoms with Gasteiger partial charge in [0.05, 0.1) is 17.6 Å². The second-order valence-electron chi connectivity index (χ2n) is 7.64. The molecule has 2 aliphatic heterocycles. The normalized spacial score (nSPS) is 20.7. The second-order valence-corrected chi connectivity index (χ2v) is 9.32. The molecule has 3 aromatic rings. The van der Waals surface area contributed by atoms with Crippen molar-refractivity contribution in [2.24, 2.45) is 0 Å². The Morgan fingerprint density at radius 3 is 2.73 bits per heavy atom. The molecule has 3 heterocycles. The number of amides is 1. The molecule has 0 saturated carbocycles. The van der Waals surface area contributed by atoms with Crippen molar-refractivity contribution in [3.8, 4) is 0 Å². The number of ether oxygens (including phenoxy) is 1. The first-order valence-electron chi connectivity index (χ1n) is 10.2. The summed E-state index contributed by atoms with van der Waals surface area (Å²) in [5.74, 6) is -0.0135. The van der Waals surface area contributed by atoms with Gasteiger partial charge in [0.1, 0.15) is 4.32 Å². The average molecular weight is 435 g/mol. The third kappa shape index (κ3) is 3.83. The number of carbonyl (C=O) groups is 1. The van der Waals surface area contributed by atoms with Gasteiger partial charge in [-0.25, -0.2) is 0 Å². The summed E-state index contributed by atoms with van der Waals surface area (Å²) in [7, 11) is 0. The molecule has 0 radical (unpaired) electrons. The molecular weight excluding hydrogens is 412 g/mol. The highest BCUT2D eigenvalue weighted by molar-refractivity contribution is 8.26. The Balaban J connectivity index is 1.45. The van der Waals surface area contributed by atoms with E-state index in [2.05, 4.69) is 53.2 Å². The van der Waals surface area contributed by atoms with Crippen LogP contribution in [-0.2, 0) is 16.1 Å². The average Bonchev–Trinajstić information content (AvgIpc) is 3.46. The van der Waals surface area contributed by atoms with E-state index in [9.17, 15) is 4.79 Å². The Hall–Kier alpha value is -2.41. The molecule has 2 saturated heterocycles. The van der Waals surface area contributed by atoms with Gasteiger partial charge in [-0.2, -0.15) is 0 Å². The van der Waals surface area contributed by atoms with Crippen LogP contribution in [-0.4, -0.2) is 39.0 Å². The van der Waals surface area contributed by atoms with Crippen molar-refractivity contribution in [1.29, 1.82) is 0 Å². The smallest absolute Gasteiger partial charge is 0.266 e. The van der Waals surface area contributed by atoms with Crippen LogP contribution in [0.5, 0.6) is 0 Å². The number of thioether (sulfide) groups is 1. The molecule has 2 aliphatic rings. The van der Waals surface area contributed by atoms with Gasteiger partial charge in [-0.15, -0.1) is 0 Å². The maximum Gasteiger partial charge on any atom is 0.266 e. The van der Waals surface area contributed by atoms with Crippen LogP contribution in [0.25, 0.3) is 17.0 Å². The fraction of sp³-hybridized carbons (Fsp3) is 0.250. The van der Waals surface area contributed by atoms with Gasteiger partial charge in [0.2, 0.25) is 0 Å². The summed E-state index contributed by atoms with van der Waals surface area (Å²) in [5.41, 5.74) is 3.44. The number of benzene rings is 2. The van der Waals surface area contributed by atoms with Crippen molar-refractivity contribution in [3.05, 3.63) is 76.8 Å². The van der Waals surface area contributed by atoms with E-state index in [0.717, 1.165) is 42.5 Å². The van der Waals surface area contributed by atoms with E-state index in [0.29, 0.717) is 15.8 Å². The first-order chi connectivity index (χ1) is 14.7. The Morgan fingerprint density at radius 2 is 1.93 bits per heavy atom. The largest absolute Gasteiger partial charge is 0.376 e. The van der Waals surface area contributed by atoms with Crippen LogP contribution < -0.4 is 0 Å². The molecule has 1 aromatic heterocycles.